The lowest BCUT2D eigenvalue weighted by Gasteiger charge is -2.11. The van der Waals surface area contributed by atoms with E-state index in [1.165, 1.54) is 5.56 Å². The lowest BCUT2D eigenvalue weighted by Crippen LogP contribution is -2.33. The first-order valence-electron chi connectivity index (χ1n) is 6.67. The van der Waals surface area contributed by atoms with E-state index in [9.17, 15) is 9.59 Å². The molecule has 1 aromatic rings. The van der Waals surface area contributed by atoms with Gasteiger partial charge in [0.1, 0.15) is 6.42 Å². The van der Waals surface area contributed by atoms with Gasteiger partial charge in [-0.15, -0.1) is 0 Å². The lowest BCUT2D eigenvalue weighted by molar-refractivity contribution is -0.126. The van der Waals surface area contributed by atoms with Crippen LogP contribution in [-0.2, 0) is 9.59 Å². The van der Waals surface area contributed by atoms with Gasteiger partial charge in [0, 0.05) is 18.8 Å². The largest absolute Gasteiger partial charge is 0.354 e. The van der Waals surface area contributed by atoms with E-state index in [2.05, 4.69) is 10.6 Å². The average molecular weight is 277 g/mol. The number of nitrogens with one attached hydrogen (secondary N) is 2. The van der Waals surface area contributed by atoms with Crippen molar-refractivity contribution in [2.24, 2.45) is 0 Å². The highest BCUT2D eigenvalue weighted by Gasteiger charge is 2.09. The number of amides is 2. The molecule has 0 spiro atoms. The molecule has 0 atom stereocenters. The third-order valence-electron chi connectivity index (χ3n) is 2.99. The Bertz CT molecular complexity index is 484. The van der Waals surface area contributed by atoms with Crippen molar-refractivity contribution in [3.05, 3.63) is 29.3 Å². The summed E-state index contributed by atoms with van der Waals surface area (Å²) in [6.45, 7) is 5.30. The molecule has 0 bridgehead atoms. The predicted octanol–water partition coefficient (Wildman–Crippen LogP) is 1.31. The second-order valence-corrected chi connectivity index (χ2v) is 5.18. The summed E-state index contributed by atoms with van der Waals surface area (Å²) in [5.74, 6) is -0.552. The summed E-state index contributed by atoms with van der Waals surface area (Å²) < 4.78 is 0. The summed E-state index contributed by atoms with van der Waals surface area (Å²) in [6, 6.07) is 5.68. The maximum atomic E-state index is 11.7. The molecule has 1 rings (SSSR count). The van der Waals surface area contributed by atoms with Gasteiger partial charge in [0.2, 0.25) is 11.8 Å². The molecule has 0 heterocycles. The topological polar surface area (TPSA) is 61.4 Å². The zero-order valence-electron chi connectivity index (χ0n) is 12.6. The number of hydrogen-bond donors (Lipinski definition) is 2. The molecule has 0 saturated heterocycles. The fourth-order valence-electron chi connectivity index (χ4n) is 1.65. The molecular formula is C15H23N3O2. The predicted molar refractivity (Wildman–Crippen MR) is 80.7 cm³/mol. The van der Waals surface area contributed by atoms with Crippen molar-refractivity contribution in [2.75, 3.05) is 32.5 Å². The van der Waals surface area contributed by atoms with E-state index < -0.39 is 0 Å². The van der Waals surface area contributed by atoms with Crippen LogP contribution in [0.3, 0.4) is 0 Å². The maximum Gasteiger partial charge on any atom is 0.233 e. The fourth-order valence-corrected chi connectivity index (χ4v) is 1.65. The molecule has 0 aliphatic heterocycles. The molecule has 0 aliphatic carbocycles. The minimum absolute atomic E-state index is 0.152. The van der Waals surface area contributed by atoms with Crippen LogP contribution in [0.5, 0.6) is 0 Å². The van der Waals surface area contributed by atoms with Gasteiger partial charge in [0.25, 0.3) is 0 Å². The number of rotatable bonds is 6. The quantitative estimate of drug-likeness (QED) is 0.771. The Morgan fingerprint density at radius 1 is 1.10 bits per heavy atom. The zero-order chi connectivity index (χ0) is 15.1. The Balaban J connectivity index is 2.39. The molecule has 0 aromatic heterocycles. The standard InChI is InChI=1S/C15H23N3O2/c1-11-5-6-13(9-12(11)2)17-15(20)10-14(19)16-7-8-18(3)4/h5-6,9H,7-8,10H2,1-4H3,(H,16,19)(H,17,20). The van der Waals surface area contributed by atoms with Crippen molar-refractivity contribution in [3.8, 4) is 0 Å². The number of hydrogen-bond acceptors (Lipinski definition) is 3. The van der Waals surface area contributed by atoms with Crippen LogP contribution in [0.25, 0.3) is 0 Å². The van der Waals surface area contributed by atoms with Crippen LogP contribution < -0.4 is 10.6 Å². The van der Waals surface area contributed by atoms with Crippen LogP contribution in [0.2, 0.25) is 0 Å². The molecule has 2 amide bonds. The summed E-state index contributed by atoms with van der Waals surface area (Å²) in [5, 5.41) is 5.44. The monoisotopic (exact) mass is 277 g/mol. The summed E-state index contributed by atoms with van der Waals surface area (Å²) >= 11 is 0. The van der Waals surface area contributed by atoms with E-state index in [1.807, 2.05) is 51.0 Å². The second-order valence-electron chi connectivity index (χ2n) is 5.18. The van der Waals surface area contributed by atoms with Crippen molar-refractivity contribution in [1.82, 2.24) is 10.2 Å². The average Bonchev–Trinajstić information content (AvgIpc) is 2.33. The van der Waals surface area contributed by atoms with Crippen molar-refractivity contribution < 1.29 is 9.59 Å². The van der Waals surface area contributed by atoms with Gasteiger partial charge in [0.05, 0.1) is 0 Å². The number of anilines is 1. The molecule has 0 radical (unpaired) electrons. The Kier molecular flexibility index (Phi) is 6.18. The molecular weight excluding hydrogens is 254 g/mol. The zero-order valence-corrected chi connectivity index (χ0v) is 12.6. The lowest BCUT2D eigenvalue weighted by atomic mass is 10.1. The molecule has 0 saturated carbocycles. The van der Waals surface area contributed by atoms with Gasteiger partial charge in [-0.05, 0) is 51.2 Å². The maximum absolute atomic E-state index is 11.7. The first-order chi connectivity index (χ1) is 9.38. The van der Waals surface area contributed by atoms with E-state index in [4.69, 9.17) is 0 Å². The van der Waals surface area contributed by atoms with Gasteiger partial charge >= 0.3 is 0 Å². The molecule has 0 unspecified atom stereocenters. The van der Waals surface area contributed by atoms with Crippen LogP contribution in [0.15, 0.2) is 18.2 Å². The molecule has 0 aliphatic rings. The molecule has 5 nitrogen and oxygen atoms in total. The summed E-state index contributed by atoms with van der Waals surface area (Å²) in [6.07, 6.45) is -0.152. The SMILES string of the molecule is Cc1ccc(NC(=O)CC(=O)NCCN(C)C)cc1C. The van der Waals surface area contributed by atoms with Crippen molar-refractivity contribution in [2.45, 2.75) is 20.3 Å². The number of nitrogens with zero attached hydrogens (tertiary/aromatic N) is 1. The van der Waals surface area contributed by atoms with Gasteiger partial charge in [-0.2, -0.15) is 0 Å². The van der Waals surface area contributed by atoms with Crippen molar-refractivity contribution >= 4 is 17.5 Å². The smallest absolute Gasteiger partial charge is 0.233 e. The highest BCUT2D eigenvalue weighted by molar-refractivity contribution is 6.03. The number of benzene rings is 1. The fraction of sp³-hybridized carbons (Fsp3) is 0.467. The molecule has 20 heavy (non-hydrogen) atoms. The van der Waals surface area contributed by atoms with E-state index in [0.29, 0.717) is 6.54 Å². The van der Waals surface area contributed by atoms with Crippen molar-refractivity contribution in [1.29, 1.82) is 0 Å². The Labute approximate surface area is 120 Å². The van der Waals surface area contributed by atoms with Gasteiger partial charge in [-0.25, -0.2) is 0 Å². The molecule has 1 aromatic carbocycles. The Morgan fingerprint density at radius 3 is 2.40 bits per heavy atom. The third kappa shape index (κ3) is 5.84. The highest BCUT2D eigenvalue weighted by atomic mass is 16.2. The van der Waals surface area contributed by atoms with E-state index >= 15 is 0 Å². The second kappa shape index (κ2) is 7.65. The number of likely N-dealkylation sites (N-methyl/N-ethyl adjacent to an activating group) is 1. The van der Waals surface area contributed by atoms with Crippen LogP contribution >= 0.6 is 0 Å². The van der Waals surface area contributed by atoms with Crippen LogP contribution in [0.1, 0.15) is 17.5 Å². The normalized spacial score (nSPS) is 10.4. The van der Waals surface area contributed by atoms with E-state index in [1.54, 1.807) is 0 Å². The van der Waals surface area contributed by atoms with Crippen LogP contribution in [0, 0.1) is 13.8 Å². The van der Waals surface area contributed by atoms with Crippen molar-refractivity contribution in [3.63, 3.8) is 0 Å². The van der Waals surface area contributed by atoms with Gasteiger partial charge < -0.3 is 15.5 Å². The summed E-state index contributed by atoms with van der Waals surface area (Å²) in [4.78, 5) is 25.3. The van der Waals surface area contributed by atoms with Crippen LogP contribution in [0.4, 0.5) is 5.69 Å². The summed E-state index contributed by atoms with van der Waals surface area (Å²) in [7, 11) is 3.86. The first kappa shape index (κ1) is 16.2. The van der Waals surface area contributed by atoms with Gasteiger partial charge in [-0.3, -0.25) is 9.59 Å². The molecule has 5 heteroatoms. The summed E-state index contributed by atoms with van der Waals surface area (Å²) in [5.41, 5.74) is 3.00. The molecule has 110 valence electrons. The minimum Gasteiger partial charge on any atom is -0.354 e. The number of carbonyl (C=O) groups is 2. The van der Waals surface area contributed by atoms with Gasteiger partial charge in [0.15, 0.2) is 0 Å². The Morgan fingerprint density at radius 2 is 1.80 bits per heavy atom. The number of carbonyl (C=O) groups excluding carboxylic acids is 2. The van der Waals surface area contributed by atoms with E-state index in [0.717, 1.165) is 17.8 Å². The minimum atomic E-state index is -0.296. The third-order valence-corrected chi connectivity index (χ3v) is 2.99. The molecule has 0 fully saturated rings. The number of aryl methyl sites for hydroxylation is 2. The first-order valence-corrected chi connectivity index (χ1v) is 6.67. The van der Waals surface area contributed by atoms with E-state index in [-0.39, 0.29) is 18.2 Å². The highest BCUT2D eigenvalue weighted by Crippen LogP contribution is 2.14. The van der Waals surface area contributed by atoms with Gasteiger partial charge in [-0.1, -0.05) is 6.07 Å². The van der Waals surface area contributed by atoms with Crippen LogP contribution in [-0.4, -0.2) is 43.9 Å². The molecule has 2 N–H and O–H groups in total. The Hall–Kier alpha value is -1.88.